The molecular formula is C10H17Al2NO2U. The van der Waals surface area contributed by atoms with Crippen molar-refractivity contribution in [1.29, 1.82) is 0 Å². The van der Waals surface area contributed by atoms with Crippen LogP contribution in [0.25, 0.3) is 0 Å². The van der Waals surface area contributed by atoms with Gasteiger partial charge in [0.2, 0.25) is 0 Å². The molecule has 0 aromatic carbocycles. The van der Waals surface area contributed by atoms with E-state index in [1.165, 1.54) is 5.92 Å². The minimum absolute atomic E-state index is 0. The summed E-state index contributed by atoms with van der Waals surface area (Å²) in [5.74, 6) is 1.38. The zero-order chi connectivity index (χ0) is 11.3. The fraction of sp³-hybridized carbons (Fsp3) is 0.600. The summed E-state index contributed by atoms with van der Waals surface area (Å²) >= 11 is 1.50. The number of carbonyl (C=O) groups excluding carboxylic acids is 1. The van der Waals surface area contributed by atoms with E-state index in [1.54, 1.807) is 6.08 Å². The van der Waals surface area contributed by atoms with Crippen molar-refractivity contribution in [2.24, 2.45) is 0 Å². The van der Waals surface area contributed by atoms with Gasteiger partial charge in [0.25, 0.3) is 0 Å². The maximum absolute atomic E-state index is 11.1. The number of aliphatic hydroxyl groups excluding tert-OH is 1. The van der Waals surface area contributed by atoms with E-state index in [0.717, 1.165) is 48.6 Å². The summed E-state index contributed by atoms with van der Waals surface area (Å²) in [5, 5.41) is 9.59. The molecule has 1 heterocycles. The molecule has 1 saturated heterocycles. The molecule has 1 rings (SSSR count). The molecule has 0 spiro atoms. The largest absolute Gasteiger partial charge is 2.00 e. The average molecular weight is 475 g/mol. The molecule has 1 N–H and O–H groups in total. The molecule has 0 aliphatic carbocycles. The number of carbonyl (C=O) groups is 1. The summed E-state index contributed by atoms with van der Waals surface area (Å²) in [6.07, 6.45) is 4.05. The second-order valence-corrected chi connectivity index (χ2v) is 5.42. The van der Waals surface area contributed by atoms with E-state index in [0.29, 0.717) is 21.1 Å². The van der Waals surface area contributed by atoms with Crippen LogP contribution in [-0.4, -0.2) is 66.5 Å². The van der Waals surface area contributed by atoms with Crippen LogP contribution in [0.2, 0.25) is 0 Å². The van der Waals surface area contributed by atoms with Crippen LogP contribution >= 0.6 is 0 Å². The Kier molecular flexibility index (Phi) is 9.99. The Morgan fingerprint density at radius 3 is 2.56 bits per heavy atom. The predicted molar refractivity (Wildman–Crippen MR) is 65.0 cm³/mol. The zero-order valence-corrected chi connectivity index (χ0v) is 18.2. The number of piperidine rings is 1. The van der Waals surface area contributed by atoms with Crippen LogP contribution in [-0.2, 0) is 0 Å². The number of aliphatic hydroxyl groups is 1. The Morgan fingerprint density at radius 2 is 2.12 bits per heavy atom. The third-order valence-corrected chi connectivity index (χ3v) is 3.74. The molecule has 0 aromatic heterocycles. The van der Waals surface area contributed by atoms with Crippen molar-refractivity contribution < 1.29 is 41.0 Å². The van der Waals surface area contributed by atoms with E-state index in [-0.39, 0.29) is 37.2 Å². The van der Waals surface area contributed by atoms with Crippen LogP contribution in [0.5, 0.6) is 0 Å². The number of amides is 1. The van der Waals surface area contributed by atoms with Gasteiger partial charge in [0.05, 0.1) is 0 Å². The van der Waals surface area contributed by atoms with Crippen molar-refractivity contribution in [3.8, 4) is 0 Å². The minimum atomic E-state index is -0.365. The maximum atomic E-state index is 11.1. The third-order valence-electron chi connectivity index (χ3n) is 2.77. The molecule has 1 amide bonds. The van der Waals surface area contributed by atoms with Gasteiger partial charge < -0.3 is 20.9 Å². The average Bonchev–Trinajstić information content (AvgIpc) is 2.18. The van der Waals surface area contributed by atoms with Crippen molar-refractivity contribution in [2.75, 3.05) is 13.1 Å². The second kappa shape index (κ2) is 9.25. The molecule has 1 atom stereocenters. The number of likely N-dealkylation sites (tertiary alicyclic amines) is 1. The summed E-state index contributed by atoms with van der Waals surface area (Å²) in [4.78, 5) is 16.1. The van der Waals surface area contributed by atoms with Gasteiger partial charge in [-0.3, -0.25) is 10.9 Å². The minimum Gasteiger partial charge on any atom is -0.544 e. The number of hydrogen-bond donors (Lipinski definition) is 1. The Hall–Kier alpha value is 1.29. The fourth-order valence-corrected chi connectivity index (χ4v) is 2.72. The van der Waals surface area contributed by atoms with E-state index in [9.17, 15) is 9.90 Å². The van der Waals surface area contributed by atoms with E-state index >= 15 is 0 Å². The molecule has 84 valence electrons. The van der Waals surface area contributed by atoms with Gasteiger partial charge in [-0.1, -0.05) is 0 Å². The Morgan fingerprint density at radius 1 is 1.56 bits per heavy atom. The normalized spacial score (nSPS) is 19.4. The molecule has 0 aromatic rings. The van der Waals surface area contributed by atoms with Gasteiger partial charge in [-0.15, -0.1) is 6.42 Å². The molecule has 0 saturated carbocycles. The van der Waals surface area contributed by atoms with Crippen LogP contribution in [0.4, 0.5) is 4.79 Å². The smallest absolute Gasteiger partial charge is 0.544 e. The van der Waals surface area contributed by atoms with Gasteiger partial charge in [0, 0.05) is 22.4 Å². The van der Waals surface area contributed by atoms with Gasteiger partial charge in [0.15, 0.2) is 0 Å². The van der Waals surface area contributed by atoms with Crippen molar-refractivity contribution in [2.45, 2.75) is 25.4 Å². The van der Waals surface area contributed by atoms with Gasteiger partial charge in [-0.05, 0) is 13.1 Å². The van der Waals surface area contributed by atoms with E-state index in [4.69, 9.17) is 0 Å². The van der Waals surface area contributed by atoms with E-state index < -0.39 is 0 Å². The molecule has 6 heteroatoms. The van der Waals surface area contributed by atoms with E-state index in [2.05, 4.69) is 4.94 Å². The molecule has 1 aliphatic rings. The summed E-state index contributed by atoms with van der Waals surface area (Å²) < 4.78 is 0.294. The summed E-state index contributed by atoms with van der Waals surface area (Å²) in [7, 11) is 0. The molecule has 1 fully saturated rings. The summed E-state index contributed by atoms with van der Waals surface area (Å²) in [6, 6.07) is 0. The van der Waals surface area contributed by atoms with Crippen LogP contribution in [0.3, 0.4) is 0 Å². The second-order valence-electron chi connectivity index (χ2n) is 3.98. The maximum Gasteiger partial charge on any atom is 2.00 e. The molecule has 16 heavy (non-hydrogen) atoms. The number of rotatable bonds is 3. The first-order chi connectivity index (χ1) is 7.13. The predicted octanol–water partition coefficient (Wildman–Crippen LogP) is -0.889. The Balaban J connectivity index is 0.00000225. The standard InChI is InChI=1S/C10H13NO2.2Al.U.4H/c1-2-10(13)7-9-3-5-11(8-12)6-4-9;;;;;;;/h2,10,13H,3-7H2;;;;;;;/q-2;;;+2;;;;. The molecule has 0 bridgehead atoms. The Bertz CT molecular complexity index is 243. The first kappa shape index (κ1) is 17.3. The van der Waals surface area contributed by atoms with Gasteiger partial charge >= 0.3 is 47.4 Å². The quantitative estimate of drug-likeness (QED) is 0.426. The van der Waals surface area contributed by atoms with Crippen LogP contribution in [0, 0.1) is 42.0 Å². The van der Waals surface area contributed by atoms with Crippen LogP contribution < -0.4 is 0 Å². The first-order valence-electron chi connectivity index (χ1n) is 5.41. The zero-order valence-electron chi connectivity index (χ0n) is 9.99. The fourth-order valence-electron chi connectivity index (χ4n) is 1.89. The molecule has 1 aliphatic heterocycles. The molecular weight excluding hydrogens is 458 g/mol. The van der Waals surface area contributed by atoms with Crippen molar-refractivity contribution >= 4 is 37.3 Å². The Labute approximate surface area is 137 Å². The molecule has 3 nitrogen and oxygen atoms in total. The molecule has 1 unspecified atom stereocenters. The van der Waals surface area contributed by atoms with Gasteiger partial charge in [-0.25, -0.2) is 0 Å². The van der Waals surface area contributed by atoms with Crippen molar-refractivity contribution in [1.82, 2.24) is 4.90 Å². The van der Waals surface area contributed by atoms with Crippen molar-refractivity contribution in [3.05, 3.63) is 16.9 Å². The topological polar surface area (TPSA) is 40.5 Å². The van der Waals surface area contributed by atoms with Gasteiger partial charge in [0.1, 0.15) is 4.77 Å². The molecule has 0 radical (unpaired) electrons. The first-order valence-corrected chi connectivity index (χ1v) is 7.41. The van der Waals surface area contributed by atoms with E-state index in [1.807, 2.05) is 4.90 Å². The SMILES string of the molecule is O=[C]([AlH2])N1CC[C-](CC(O)C=[C-][AlH2])CC1.[U+2]. The van der Waals surface area contributed by atoms with Crippen LogP contribution in [0.15, 0.2) is 6.08 Å². The monoisotopic (exact) mass is 475 g/mol. The van der Waals surface area contributed by atoms with Gasteiger partial charge in [-0.2, -0.15) is 12.8 Å². The number of nitrogens with zero attached hydrogens (tertiary/aromatic N) is 1. The van der Waals surface area contributed by atoms with Crippen molar-refractivity contribution in [3.63, 3.8) is 0 Å². The summed E-state index contributed by atoms with van der Waals surface area (Å²) in [5.41, 5.74) is 0. The number of hydrogen-bond acceptors (Lipinski definition) is 2. The summed E-state index contributed by atoms with van der Waals surface area (Å²) in [6.45, 7) is 1.69. The third kappa shape index (κ3) is 6.28. The van der Waals surface area contributed by atoms with Crippen LogP contribution in [0.1, 0.15) is 19.3 Å².